The van der Waals surface area contributed by atoms with E-state index >= 15 is 4.79 Å². The zero-order valence-corrected chi connectivity index (χ0v) is 68.5. The second-order valence-corrected chi connectivity index (χ2v) is 31.6. The van der Waals surface area contributed by atoms with Gasteiger partial charge in [-0.15, -0.1) is 0 Å². The molecule has 6 N–H and O–H groups in total. The van der Waals surface area contributed by atoms with Crippen molar-refractivity contribution < 1.29 is 86.0 Å². The van der Waals surface area contributed by atoms with Gasteiger partial charge in [0.25, 0.3) is 0 Å². The molecule has 0 spiro atoms. The molecular formula is C82H130N8O18S. The first-order chi connectivity index (χ1) is 51.9. The highest BCUT2D eigenvalue weighted by molar-refractivity contribution is 8.00. The van der Waals surface area contributed by atoms with Gasteiger partial charge in [0.1, 0.15) is 18.4 Å². The minimum Gasteiger partial charge on any atom is -0.462 e. The topological polar surface area (TPSA) is 344 Å². The quantitative estimate of drug-likeness (QED) is 0.0234. The largest absolute Gasteiger partial charge is 0.462 e. The Hall–Kier alpha value is -7.17. The number of carbonyl (C=O) groups excluding carboxylic acids is 12. The summed E-state index contributed by atoms with van der Waals surface area (Å²) >= 11 is 1.55. The number of thioether (sulfide) groups is 1. The lowest BCUT2D eigenvalue weighted by Gasteiger charge is -2.41. The van der Waals surface area contributed by atoms with Crippen LogP contribution in [0, 0.1) is 47.3 Å². The van der Waals surface area contributed by atoms with Crippen molar-refractivity contribution in [3.05, 3.63) is 65.7 Å². The summed E-state index contributed by atoms with van der Waals surface area (Å²) in [5, 5.41) is 11.0. The number of rotatable bonds is 54. The van der Waals surface area contributed by atoms with Gasteiger partial charge in [-0.05, 0) is 104 Å². The van der Waals surface area contributed by atoms with Crippen molar-refractivity contribution in [1.29, 1.82) is 0 Å². The number of unbranched alkanes of at least 4 members (excludes halogenated alkanes) is 2. The molecule has 27 heteroatoms. The minimum atomic E-state index is -1.04. The standard InChI is InChI=1S/C82H130N8O18S/c1-16-46-109-69-50-65(91)61(76(69)97)29-22-19-23-31-70(94)87-73(53(5)6)66(92)48-59(28-24-38-84-82(83)102)79(99)85-60-35-32-57(33-36-60)34-37-71(95)88(11)74(54(7)8)67(93)49-62(52(3)4)80(100)89(12)75(55(9)17-2)68(104-14)51-72(96)90-39-25-30-64(90)77(105-15)56(10)78(98)86-63(47-58-26-20-18-21-27-58)81(101)108-45-44-107-43-42-106-41-40-103-13/h18,20-21,26-27,32-33,35-36,52-56,59,61-64,68-69,73-75,77H,16-17,19,22-25,28-31,34,37-51H2,1-15H3,(H,85,99)(H,86,98)(H,87,94)(H3,83,84,102)/t55-,56+,59+,61?,62-,63-,64-,68+,69?,73-,74-,75?,77+/m0/s1. The average Bonchev–Trinajstić information content (AvgIpc) is 1.79. The Kier molecular flexibility index (Phi) is 43.2. The SMILES string of the molecule is CCCSC1CC(=O)C(CCCCCC(=O)N[C@H](C(=O)C[C@@H](CCCNC(N)=O)C(=O)Nc2ccc(CCC(=O)N(C)[C@H](C(=O)C[C@H](C(=O)N(C)C([C@@H](C)CC)[C@@H](CC(=O)N3CCC[C@H]3[C@H](OC)[C@@H](C)C(=O)N[C@@H](Cc3ccccc3)C(=O)OCCOCCOCCOC)OC)C(C)C)C(C)C)cc2)C(C)C)C1=O. The molecule has 1 saturated carbocycles. The van der Waals surface area contributed by atoms with Crippen molar-refractivity contribution in [2.45, 2.75) is 232 Å². The van der Waals surface area contributed by atoms with Crippen molar-refractivity contribution in [2.75, 3.05) is 99.2 Å². The molecule has 0 bridgehead atoms. The molecule has 2 aromatic carbocycles. The van der Waals surface area contributed by atoms with Gasteiger partial charge in [-0.1, -0.05) is 131 Å². The Morgan fingerprint density at radius 1 is 0.697 bits per heavy atom. The van der Waals surface area contributed by atoms with Gasteiger partial charge in [-0.2, -0.15) is 11.8 Å². The molecule has 2 aromatic rings. The predicted molar refractivity (Wildman–Crippen MR) is 420 cm³/mol. The maximum absolute atomic E-state index is 15.0. The number of aryl methyl sites for hydroxylation is 1. The molecule has 0 radical (unpaired) electrons. The molecule has 1 saturated heterocycles. The van der Waals surface area contributed by atoms with Crippen LogP contribution in [0.1, 0.15) is 183 Å². The summed E-state index contributed by atoms with van der Waals surface area (Å²) in [4.78, 5) is 170. The van der Waals surface area contributed by atoms with Crippen LogP contribution in [0.15, 0.2) is 54.6 Å². The Balaban J connectivity index is 1.37. The predicted octanol–water partition coefficient (Wildman–Crippen LogP) is 8.93. The summed E-state index contributed by atoms with van der Waals surface area (Å²) in [6.45, 7) is 21.1. The first-order valence-electron chi connectivity index (χ1n) is 39.4. The molecule has 2 fully saturated rings. The molecule has 4 rings (SSSR count). The monoisotopic (exact) mass is 1550 g/mol. The molecule has 1 heterocycles. The van der Waals surface area contributed by atoms with Crippen LogP contribution in [0.3, 0.4) is 0 Å². The number of amides is 8. The van der Waals surface area contributed by atoms with Crippen molar-refractivity contribution in [1.82, 2.24) is 30.7 Å². The highest BCUT2D eigenvalue weighted by Crippen LogP contribution is 2.34. The normalized spacial score (nSPS) is 17.9. The van der Waals surface area contributed by atoms with E-state index in [0.29, 0.717) is 96.4 Å². The number of anilines is 1. The number of ketones is 4. The molecule has 2 aliphatic rings. The second kappa shape index (κ2) is 50.0. The smallest absolute Gasteiger partial charge is 0.329 e. The first kappa shape index (κ1) is 94.2. The van der Waals surface area contributed by atoms with Crippen molar-refractivity contribution in [3.8, 4) is 0 Å². The Labute approximate surface area is 652 Å². The number of primary amides is 1. The number of methoxy groups -OCH3 is 3. The fourth-order valence-corrected chi connectivity index (χ4v) is 15.8. The summed E-state index contributed by atoms with van der Waals surface area (Å²) in [5.41, 5.74) is 7.32. The molecule has 109 heavy (non-hydrogen) atoms. The number of nitrogens with zero attached hydrogens (tertiary/aromatic N) is 3. The molecule has 13 atom stereocenters. The molecule has 26 nitrogen and oxygen atoms in total. The highest BCUT2D eigenvalue weighted by atomic mass is 32.2. The number of hydrogen-bond donors (Lipinski definition) is 5. The van der Waals surface area contributed by atoms with Gasteiger partial charge in [0.2, 0.25) is 35.4 Å². The van der Waals surface area contributed by atoms with Crippen LogP contribution in [0.2, 0.25) is 0 Å². The van der Waals surface area contributed by atoms with Crippen LogP contribution < -0.4 is 27.0 Å². The van der Waals surface area contributed by atoms with Crippen molar-refractivity contribution in [2.24, 2.45) is 53.1 Å². The average molecular weight is 1550 g/mol. The van der Waals surface area contributed by atoms with Gasteiger partial charge in [-0.25, -0.2) is 9.59 Å². The Morgan fingerprint density at radius 2 is 1.37 bits per heavy atom. The molecule has 0 aromatic heterocycles. The number of hydrogen-bond acceptors (Lipinski definition) is 19. The zero-order chi connectivity index (χ0) is 80.9. The van der Waals surface area contributed by atoms with Crippen molar-refractivity contribution in [3.63, 3.8) is 0 Å². The fourth-order valence-electron chi connectivity index (χ4n) is 14.7. The number of carbonyl (C=O) groups is 12. The minimum absolute atomic E-state index is 0.00513. The van der Waals surface area contributed by atoms with E-state index in [4.69, 9.17) is 34.2 Å². The molecular weight excluding hydrogens is 1420 g/mol. The van der Waals surface area contributed by atoms with Gasteiger partial charge in [0.15, 0.2) is 17.3 Å². The van der Waals surface area contributed by atoms with E-state index in [1.54, 1.807) is 74.0 Å². The maximum atomic E-state index is 15.0. The van der Waals surface area contributed by atoms with E-state index in [9.17, 15) is 52.7 Å². The van der Waals surface area contributed by atoms with E-state index in [2.05, 4.69) is 21.3 Å². The van der Waals surface area contributed by atoms with Gasteiger partial charge in [-0.3, -0.25) is 47.9 Å². The highest BCUT2D eigenvalue weighted by Gasteiger charge is 2.45. The van der Waals surface area contributed by atoms with E-state index in [1.807, 2.05) is 92.6 Å². The van der Waals surface area contributed by atoms with Crippen LogP contribution in [0.4, 0.5) is 10.5 Å². The second-order valence-electron chi connectivity index (χ2n) is 30.3. The van der Waals surface area contributed by atoms with E-state index in [-0.39, 0.29) is 147 Å². The lowest BCUT2D eigenvalue weighted by molar-refractivity contribution is -0.151. The van der Waals surface area contributed by atoms with Crippen LogP contribution >= 0.6 is 11.8 Å². The van der Waals surface area contributed by atoms with Crippen LogP contribution in [-0.2, 0) is 94.0 Å². The number of likely N-dealkylation sites (tertiary alicyclic amines) is 1. The third kappa shape index (κ3) is 31.1. The third-order valence-electron chi connectivity index (χ3n) is 21.1. The number of esters is 1. The van der Waals surface area contributed by atoms with Gasteiger partial charge >= 0.3 is 12.0 Å². The molecule has 3 unspecified atom stereocenters. The zero-order valence-electron chi connectivity index (χ0n) is 67.7. The van der Waals surface area contributed by atoms with Crippen molar-refractivity contribution >= 4 is 88.0 Å². The fraction of sp³-hybridized carbons (Fsp3) is 0.707. The number of nitrogens with two attached hydrogens (primary N) is 1. The third-order valence-corrected chi connectivity index (χ3v) is 22.6. The van der Waals surface area contributed by atoms with E-state index in [1.165, 1.54) is 19.1 Å². The first-order valence-corrected chi connectivity index (χ1v) is 40.5. The molecule has 8 amide bonds. The van der Waals surface area contributed by atoms with Crippen LogP contribution in [-0.4, -0.2) is 227 Å². The number of urea groups is 1. The number of Topliss-reactive ketones (excluding diaryl/α,β-unsaturated/α-hetero) is 4. The maximum Gasteiger partial charge on any atom is 0.329 e. The summed E-state index contributed by atoms with van der Waals surface area (Å²) in [5.74, 6) is -6.54. The van der Waals surface area contributed by atoms with E-state index < -0.39 is 89.9 Å². The van der Waals surface area contributed by atoms with Gasteiger partial charge in [0, 0.05) is 105 Å². The molecule has 1 aliphatic heterocycles. The van der Waals surface area contributed by atoms with Crippen LogP contribution in [0.25, 0.3) is 0 Å². The Bertz CT molecular complexity index is 3200. The summed E-state index contributed by atoms with van der Waals surface area (Å²) in [7, 11) is 7.89. The van der Waals surface area contributed by atoms with Crippen LogP contribution in [0.5, 0.6) is 0 Å². The number of ether oxygens (including phenoxy) is 6. The lowest BCUT2D eigenvalue weighted by Crippen LogP contribution is -2.55. The summed E-state index contributed by atoms with van der Waals surface area (Å²) in [6, 6.07) is 11.6. The van der Waals surface area contributed by atoms with Gasteiger partial charge in [0.05, 0.1) is 92.9 Å². The number of nitrogens with one attached hydrogen (secondary N) is 4. The van der Waals surface area contributed by atoms with Gasteiger partial charge < -0.3 is 70.1 Å². The number of likely N-dealkylation sites (N-methyl/N-ethyl adjacent to an activating group) is 2. The summed E-state index contributed by atoms with van der Waals surface area (Å²) in [6.07, 6.45) is 4.49. The lowest BCUT2D eigenvalue weighted by atomic mass is 9.83. The van der Waals surface area contributed by atoms with E-state index in [0.717, 1.165) is 23.3 Å². The molecule has 612 valence electrons. The Morgan fingerprint density at radius 3 is 1.97 bits per heavy atom. The number of benzene rings is 2. The summed E-state index contributed by atoms with van der Waals surface area (Å²) < 4.78 is 33.8. The molecule has 1 aliphatic carbocycles.